The number of ketones is 1. The summed E-state index contributed by atoms with van der Waals surface area (Å²) in [5, 5.41) is 147. The Balaban J connectivity index is 0.000000172. The SMILES string of the molecule is CC(C)Cc1cc(O)ccc1O.CC(Oc1ccccc1C#N)C(=O)N(C)O.CC1(O)CC(N2CCCCC2)=C(O)C1=O.CCCCCCCCCCCCCCCCOC(=O)C(C#N)=Cc1ccc(C)cc1.CN(O)c1nc2ccccc2s1.Cc1cc(C)c(O)c(-n2n3c4ccc(Cl)cc4n23)c1.Cc1cc(O)c(Sc2n[nH]c(CCO)n2)cc1O.Cc1cc(O)cc(-n2n3c4ccccc4n23)c1O.O=C1NCCN1. The fraction of sp³-hybridized carbons (Fsp3) is 0.380. The van der Waals surface area contributed by atoms with Gasteiger partial charge in [0.2, 0.25) is 16.1 Å². The fourth-order valence-corrected chi connectivity index (χ4v) is 17.7. The maximum Gasteiger partial charge on any atom is 0.348 e. The van der Waals surface area contributed by atoms with Crippen molar-refractivity contribution in [3.63, 3.8) is 0 Å². The Hall–Kier alpha value is -14.6. The Morgan fingerprint density at radius 2 is 1.20 bits per heavy atom. The highest BCUT2D eigenvalue weighted by atomic mass is 35.5. The summed E-state index contributed by atoms with van der Waals surface area (Å²) in [7, 11) is 2.79. The standard InChI is InChI=1S/C27H41NO2.C14H12ClN3O.C13H11N3O2.C11H13N3O3S.C11H12N2O3.C11H17NO3.C10H14O2.C8H8N2OS.C3H6N2O/c1-3-4-5-6-7-8-9-10-11-12-13-14-15-16-21-30-27(29)26(23-28)22-25-19-17-24(2)18-20-25;1-8-5-9(2)14(19)13(6-8)18-16-11-4-3-10(15)7-12(11)17(16)18;1-8-6-9(17)7-12(13(8)18)16-14-10-4-2-3-5-11(10)15(14)16;1-6-4-8(17)9(5-7(6)16)18-11-12-10(2-3-15)13-14-11;1-8(11(14)13(2)15)16-10-6-4-3-5-9(10)7-12;1-11(15)7-8(9(13)10(11)14)12-5-3-2-4-6-12;1-7(2)5-8-6-9(11)3-4-10(8)12;1-10(11)8-9-6-4-2-3-5-7(6)12-8;6-3-4-1-2-5-3/h17-20,22H,3-16,21H2,1-2H3;3-7,19H,1-2H3;2-7,17-18H,1H3;4-5,15-17H,2-3H2,1H3,(H,12,13,14);3-6,8,15H,1-2H3;13,15H,2-7H2,1H3;3-4,6-7,11-12H,5H2,1-2H3;2-5,11H,1H3;1-2H2,(H2,4,5,6). The Bertz CT molecular complexity index is 6840. The van der Waals surface area contributed by atoms with Crippen molar-refractivity contribution in [2.75, 3.05) is 58.6 Å². The number of ether oxygens (including phenoxy) is 2. The number of esters is 1. The van der Waals surface area contributed by atoms with Gasteiger partial charge in [0, 0.05) is 64.2 Å². The highest BCUT2D eigenvalue weighted by Crippen LogP contribution is 2.41. The van der Waals surface area contributed by atoms with Gasteiger partial charge in [0.25, 0.3) is 5.91 Å². The van der Waals surface area contributed by atoms with Gasteiger partial charge in [0.05, 0.1) is 39.6 Å². The Morgan fingerprint density at radius 3 is 1.76 bits per heavy atom. The molecule has 778 valence electrons. The number of phenolic OH excluding ortho intramolecular Hbond substituents is 7. The number of carbonyl (C=O) groups excluding carboxylic acids is 4. The number of unbranched alkanes of at least 4 members (excludes halogenated alkanes) is 13. The number of aromatic hydroxyl groups is 7. The lowest BCUT2D eigenvalue weighted by Crippen LogP contribution is -2.35. The molecular weight excluding hydrogens is 1920 g/mol. The number of aryl methyl sites for hydroxylation is 5. The maximum absolute atomic E-state index is 12.1. The number of para-hydroxylation sites is 4. The number of nitrogens with one attached hydrogen (secondary N) is 3. The lowest BCUT2D eigenvalue weighted by molar-refractivity contribution is -0.166. The zero-order valence-corrected chi connectivity index (χ0v) is 86.9. The molecule has 3 aliphatic rings. The molecule has 6 aromatic heterocycles. The van der Waals surface area contributed by atoms with Gasteiger partial charge in [-0.1, -0.05) is 199 Å². The Morgan fingerprint density at radius 1 is 0.623 bits per heavy atom. The van der Waals surface area contributed by atoms with Crippen LogP contribution in [-0.4, -0.2) is 209 Å². The number of thiazole rings is 1. The number of aromatic nitrogens is 10. The molecule has 9 aromatic carbocycles. The number of aliphatic hydroxyl groups is 3. The third-order valence-electron chi connectivity index (χ3n) is 23.8. The van der Waals surface area contributed by atoms with E-state index in [4.69, 9.17) is 47.0 Å². The van der Waals surface area contributed by atoms with E-state index in [1.165, 1.54) is 140 Å². The number of H-pyrrole nitrogens is 1. The summed E-state index contributed by atoms with van der Waals surface area (Å²) in [6.07, 6.45) is 23.7. The third kappa shape index (κ3) is 32.2. The number of benzene rings is 9. The van der Waals surface area contributed by atoms with Crippen LogP contribution >= 0.6 is 34.7 Å². The molecule has 18 rings (SSSR count). The van der Waals surface area contributed by atoms with Crippen LogP contribution in [0.3, 0.4) is 0 Å². The number of rotatable bonds is 30. The molecule has 8 heterocycles. The first kappa shape index (κ1) is 113. The number of amides is 3. The van der Waals surface area contributed by atoms with E-state index in [2.05, 4.69) is 51.6 Å². The van der Waals surface area contributed by atoms with Gasteiger partial charge in [0.15, 0.2) is 11.9 Å². The minimum absolute atomic E-state index is 0.00410. The summed E-state index contributed by atoms with van der Waals surface area (Å²) in [6.45, 7) is 22.5. The summed E-state index contributed by atoms with van der Waals surface area (Å²) in [4.78, 5) is 59.5. The number of halogens is 1. The van der Waals surface area contributed by atoms with Crippen molar-refractivity contribution in [2.45, 2.75) is 219 Å². The smallest absolute Gasteiger partial charge is 0.348 e. The van der Waals surface area contributed by atoms with E-state index in [0.29, 0.717) is 84.6 Å². The van der Waals surface area contributed by atoms with E-state index >= 15 is 0 Å². The largest absolute Gasteiger partial charge is 0.508 e. The van der Waals surface area contributed by atoms with Gasteiger partial charge >= 0.3 is 12.0 Å². The average Bonchev–Trinajstić information content (AvgIpc) is 1.49. The topological polar surface area (TPSA) is 493 Å². The Kier molecular flexibility index (Phi) is 42.7. The Labute approximate surface area is 861 Å². The monoisotopic (exact) mass is 2060 g/mol. The van der Waals surface area contributed by atoms with Crippen molar-refractivity contribution in [3.05, 3.63) is 242 Å². The number of hydrogen-bond acceptors (Lipinski definition) is 27. The summed E-state index contributed by atoms with van der Waals surface area (Å²) in [6, 6.07) is 54.3. The predicted molar refractivity (Wildman–Crippen MR) is 564 cm³/mol. The predicted octanol–water partition coefficient (Wildman–Crippen LogP) is 20.5. The fourth-order valence-electron chi connectivity index (χ4n) is 15.9. The second kappa shape index (κ2) is 54.9. The van der Waals surface area contributed by atoms with E-state index in [9.17, 15) is 65.3 Å². The molecule has 15 N–H and O–H groups in total. The number of nitrogens with zero attached hydrogens (tertiary/aromatic N) is 14. The summed E-state index contributed by atoms with van der Waals surface area (Å²) < 4.78 is 19.5. The maximum atomic E-state index is 12.1. The molecule has 0 radical (unpaired) electrons. The van der Waals surface area contributed by atoms with E-state index < -0.39 is 29.4 Å². The van der Waals surface area contributed by atoms with Gasteiger partial charge in [-0.3, -0.25) is 25.1 Å². The number of Topliss-reactive ketones (excluding diaryl/α,β-unsaturated/α-hetero) is 1. The molecule has 0 spiro atoms. The number of anilines is 1. The molecule has 3 amide bonds. The molecule has 146 heavy (non-hydrogen) atoms. The number of phenols is 7. The minimum atomic E-state index is -1.41. The van der Waals surface area contributed by atoms with Gasteiger partial charge in [-0.2, -0.15) is 10.5 Å². The molecular formula is C108H134ClN17O18S2. The molecule has 2 atom stereocenters. The van der Waals surface area contributed by atoms with Gasteiger partial charge in [-0.15, -0.1) is 33.2 Å². The van der Waals surface area contributed by atoms with E-state index in [1.54, 1.807) is 69.4 Å². The number of urea groups is 1. The van der Waals surface area contributed by atoms with Crippen LogP contribution in [0.1, 0.15) is 201 Å². The number of hydrogen-bond donors (Lipinski definition) is 15. The van der Waals surface area contributed by atoms with Gasteiger partial charge in [-0.05, 0) is 235 Å². The normalized spacial score (nSPS) is 13.9. The average molecular weight is 2060 g/mol. The first-order valence-electron chi connectivity index (χ1n) is 48.8. The van der Waals surface area contributed by atoms with Gasteiger partial charge < -0.3 is 76.1 Å². The number of likely N-dealkylation sites (tertiary alicyclic amines) is 1. The van der Waals surface area contributed by atoms with Crippen LogP contribution in [0.2, 0.25) is 5.02 Å². The number of hydroxylamine groups is 3. The molecule has 0 bridgehead atoms. The molecule has 2 fully saturated rings. The van der Waals surface area contributed by atoms with Crippen molar-refractivity contribution in [1.82, 2.24) is 68.9 Å². The van der Waals surface area contributed by atoms with Crippen molar-refractivity contribution < 1.29 is 90.1 Å². The van der Waals surface area contributed by atoms with E-state index in [-0.39, 0.29) is 64.9 Å². The van der Waals surface area contributed by atoms with Gasteiger partial charge in [0.1, 0.15) is 109 Å². The first-order valence-corrected chi connectivity index (χ1v) is 50.9. The lowest BCUT2D eigenvalue weighted by Gasteiger charge is -2.30. The lowest BCUT2D eigenvalue weighted by atomic mass is 10.0. The molecule has 15 aromatic rings. The molecule has 38 heteroatoms. The number of piperidine rings is 1. The summed E-state index contributed by atoms with van der Waals surface area (Å²) in [5.41, 5.74) is 12.4. The highest BCUT2D eigenvalue weighted by molar-refractivity contribution is 7.99. The highest BCUT2D eigenvalue weighted by Gasteiger charge is 2.44. The first-order chi connectivity index (χ1) is 69.9. The van der Waals surface area contributed by atoms with Crippen LogP contribution in [0.4, 0.5) is 9.93 Å². The molecule has 35 nitrogen and oxygen atoms in total. The summed E-state index contributed by atoms with van der Waals surface area (Å²) >= 11 is 8.61. The number of carbonyl (C=O) groups is 4. The van der Waals surface area contributed by atoms with Crippen molar-refractivity contribution >= 4 is 102 Å². The quantitative estimate of drug-likeness (QED) is 0.00378. The summed E-state index contributed by atoms with van der Waals surface area (Å²) in [5.74, 6) is 0.838. The molecule has 1 aliphatic carbocycles. The zero-order valence-electron chi connectivity index (χ0n) is 84.6. The van der Waals surface area contributed by atoms with Crippen molar-refractivity contribution in [1.29, 1.82) is 10.5 Å². The zero-order chi connectivity index (χ0) is 106. The number of aliphatic hydroxyl groups excluding tert-OH is 2. The molecule has 2 aliphatic heterocycles. The van der Waals surface area contributed by atoms with Crippen LogP contribution in [0.5, 0.6) is 46.0 Å². The molecule has 2 saturated heterocycles. The van der Waals surface area contributed by atoms with Crippen molar-refractivity contribution in [2.24, 2.45) is 5.92 Å². The van der Waals surface area contributed by atoms with Crippen LogP contribution in [0.15, 0.2) is 197 Å². The minimum Gasteiger partial charge on any atom is -0.508 e. The van der Waals surface area contributed by atoms with E-state index in [1.807, 2.05) is 169 Å². The third-order valence-corrected chi connectivity index (χ3v) is 26.0. The van der Waals surface area contributed by atoms with Gasteiger partial charge in [-0.25, -0.2) is 29.7 Å². The molecule has 0 saturated carbocycles. The number of aromatic amines is 1. The van der Waals surface area contributed by atoms with Crippen LogP contribution in [0.25, 0.3) is 49.7 Å². The number of fused-ring (bicyclic) bond motifs is 9. The second-order valence-electron chi connectivity index (χ2n) is 36.4. The second-order valence-corrected chi connectivity index (χ2v) is 38.9. The van der Waals surface area contributed by atoms with Crippen LogP contribution in [0, 0.1) is 63.2 Å². The number of nitriles is 2. The van der Waals surface area contributed by atoms with Crippen LogP contribution < -0.4 is 20.4 Å². The van der Waals surface area contributed by atoms with Crippen molar-refractivity contribution in [3.8, 4) is 69.5 Å². The number of likely N-dealkylation sites (N-methyl/N-ethyl adjacent to an activating group) is 1. The van der Waals surface area contributed by atoms with E-state index in [0.717, 1.165) is 146 Å². The molecule has 2 unspecified atom stereocenters. The van der Waals surface area contributed by atoms with Crippen LogP contribution in [-0.2, 0) is 32.0 Å².